The monoisotopic (exact) mass is 277 g/mol. The smallest absolute Gasteiger partial charge is 0.216 e. The average Bonchev–Trinajstić information content (AvgIpc) is 3.01. The molecular weight excluding hydrogens is 261 g/mol. The van der Waals surface area contributed by atoms with Gasteiger partial charge in [0.15, 0.2) is 0 Å². The van der Waals surface area contributed by atoms with E-state index in [1.165, 1.54) is 6.07 Å². The van der Waals surface area contributed by atoms with E-state index in [1.54, 1.807) is 18.5 Å². The number of nitrogens with zero attached hydrogens (tertiary/aromatic N) is 5. The molecule has 1 saturated heterocycles. The zero-order valence-corrected chi connectivity index (χ0v) is 11.2. The van der Waals surface area contributed by atoms with Crippen LogP contribution in [0.5, 0.6) is 5.88 Å². The van der Waals surface area contributed by atoms with E-state index in [2.05, 4.69) is 20.1 Å². The molecule has 0 aromatic carbocycles. The average molecular weight is 277 g/mol. The molecule has 1 atom stereocenters. The number of pyridine rings is 1. The predicted octanol–water partition coefficient (Wildman–Crippen LogP) is 1.00. The summed E-state index contributed by atoms with van der Waals surface area (Å²) in [7, 11) is 1.93. The number of hydrogen-bond acceptors (Lipinski definition) is 5. The fraction of sp³-hybridized carbons (Fsp3) is 0.462. The van der Waals surface area contributed by atoms with Gasteiger partial charge in [-0.3, -0.25) is 4.90 Å². The van der Waals surface area contributed by atoms with Crippen LogP contribution in [0.25, 0.3) is 0 Å². The molecule has 0 radical (unpaired) electrons. The van der Waals surface area contributed by atoms with E-state index in [1.807, 2.05) is 11.6 Å². The van der Waals surface area contributed by atoms with Crippen molar-refractivity contribution in [3.63, 3.8) is 0 Å². The Balaban J connectivity index is 1.56. The second-order valence-electron chi connectivity index (χ2n) is 4.92. The van der Waals surface area contributed by atoms with Gasteiger partial charge in [-0.25, -0.2) is 0 Å². The maximum absolute atomic E-state index is 13.0. The third kappa shape index (κ3) is 2.93. The molecule has 20 heavy (non-hydrogen) atoms. The number of halogens is 1. The highest BCUT2D eigenvalue weighted by Gasteiger charge is 2.25. The third-order valence-electron chi connectivity index (χ3n) is 3.38. The van der Waals surface area contributed by atoms with Crippen LogP contribution in [0, 0.1) is 5.95 Å². The van der Waals surface area contributed by atoms with Crippen LogP contribution in [0.1, 0.15) is 12.2 Å². The first kappa shape index (κ1) is 13.0. The molecule has 106 valence electrons. The summed E-state index contributed by atoms with van der Waals surface area (Å²) in [5, 5.41) is 7.93. The SMILES string of the molecule is Cn1cnnc1CN1CCC(Oc2cccc(F)n2)C1. The van der Waals surface area contributed by atoms with Crippen LogP contribution in [0.4, 0.5) is 4.39 Å². The minimum atomic E-state index is -0.517. The molecule has 1 aliphatic heterocycles. The molecule has 3 heterocycles. The van der Waals surface area contributed by atoms with Crippen molar-refractivity contribution in [2.24, 2.45) is 7.05 Å². The highest BCUT2D eigenvalue weighted by atomic mass is 19.1. The Bertz CT molecular complexity index is 588. The lowest BCUT2D eigenvalue weighted by atomic mass is 10.3. The molecule has 0 spiro atoms. The third-order valence-corrected chi connectivity index (χ3v) is 3.38. The lowest BCUT2D eigenvalue weighted by molar-refractivity contribution is 0.188. The zero-order chi connectivity index (χ0) is 13.9. The second-order valence-corrected chi connectivity index (χ2v) is 4.92. The second kappa shape index (κ2) is 5.54. The minimum Gasteiger partial charge on any atom is -0.473 e. The summed E-state index contributed by atoms with van der Waals surface area (Å²) in [6, 6.07) is 4.58. The van der Waals surface area contributed by atoms with Gasteiger partial charge in [0.25, 0.3) is 0 Å². The number of rotatable bonds is 4. The van der Waals surface area contributed by atoms with Gasteiger partial charge in [-0.1, -0.05) is 6.07 Å². The molecule has 0 N–H and O–H groups in total. The first-order valence-corrected chi connectivity index (χ1v) is 6.55. The van der Waals surface area contributed by atoms with Crippen LogP contribution in [0.15, 0.2) is 24.5 Å². The van der Waals surface area contributed by atoms with E-state index >= 15 is 0 Å². The van der Waals surface area contributed by atoms with Crippen LogP contribution in [-0.2, 0) is 13.6 Å². The van der Waals surface area contributed by atoms with Crippen molar-refractivity contribution >= 4 is 0 Å². The summed E-state index contributed by atoms with van der Waals surface area (Å²) < 4.78 is 20.6. The van der Waals surface area contributed by atoms with E-state index in [4.69, 9.17) is 4.74 Å². The lowest BCUT2D eigenvalue weighted by Crippen LogP contribution is -2.26. The van der Waals surface area contributed by atoms with Gasteiger partial charge in [-0.2, -0.15) is 9.37 Å². The molecular formula is C13H16FN5O. The van der Waals surface area contributed by atoms with E-state index in [0.29, 0.717) is 5.88 Å². The summed E-state index contributed by atoms with van der Waals surface area (Å²) in [5.41, 5.74) is 0. The molecule has 0 saturated carbocycles. The molecule has 0 amide bonds. The summed E-state index contributed by atoms with van der Waals surface area (Å²) in [6.07, 6.45) is 2.63. The standard InChI is InChI=1S/C13H16FN5O/c1-18-9-15-17-12(18)8-19-6-5-10(7-19)20-13-4-2-3-11(14)16-13/h2-4,9-10H,5-8H2,1H3. The quantitative estimate of drug-likeness (QED) is 0.780. The van der Waals surface area contributed by atoms with E-state index in [9.17, 15) is 4.39 Å². The maximum Gasteiger partial charge on any atom is 0.216 e. The fourth-order valence-corrected chi connectivity index (χ4v) is 2.31. The predicted molar refractivity (Wildman–Crippen MR) is 69.5 cm³/mol. The van der Waals surface area contributed by atoms with E-state index in [-0.39, 0.29) is 6.10 Å². The molecule has 0 aliphatic carbocycles. The van der Waals surface area contributed by atoms with Gasteiger partial charge in [0.05, 0.1) is 6.54 Å². The van der Waals surface area contributed by atoms with Gasteiger partial charge in [-0.05, 0) is 12.5 Å². The van der Waals surface area contributed by atoms with Gasteiger partial charge in [0, 0.05) is 26.2 Å². The number of aryl methyl sites for hydroxylation is 1. The molecule has 0 bridgehead atoms. The van der Waals surface area contributed by atoms with Crippen molar-refractivity contribution in [3.05, 3.63) is 36.3 Å². The normalized spacial score (nSPS) is 19.4. The number of aromatic nitrogens is 4. The van der Waals surface area contributed by atoms with Gasteiger partial charge < -0.3 is 9.30 Å². The number of ether oxygens (including phenoxy) is 1. The molecule has 6 nitrogen and oxygen atoms in total. The van der Waals surface area contributed by atoms with Crippen LogP contribution >= 0.6 is 0 Å². The van der Waals surface area contributed by atoms with E-state index < -0.39 is 5.95 Å². The molecule has 2 aromatic heterocycles. The molecule has 1 unspecified atom stereocenters. The highest BCUT2D eigenvalue weighted by molar-refractivity contribution is 5.11. The van der Waals surface area contributed by atoms with Crippen LogP contribution < -0.4 is 4.74 Å². The van der Waals surface area contributed by atoms with Crippen molar-refractivity contribution in [2.75, 3.05) is 13.1 Å². The first-order chi connectivity index (χ1) is 9.70. The highest BCUT2D eigenvalue weighted by Crippen LogP contribution is 2.18. The van der Waals surface area contributed by atoms with Gasteiger partial charge in [-0.15, -0.1) is 10.2 Å². The fourth-order valence-electron chi connectivity index (χ4n) is 2.31. The Morgan fingerprint density at radius 1 is 1.45 bits per heavy atom. The molecule has 2 aromatic rings. The van der Waals surface area contributed by atoms with Crippen LogP contribution in [0.3, 0.4) is 0 Å². The first-order valence-electron chi connectivity index (χ1n) is 6.55. The van der Waals surface area contributed by atoms with Crippen molar-refractivity contribution in [2.45, 2.75) is 19.1 Å². The molecule has 3 rings (SSSR count). The largest absolute Gasteiger partial charge is 0.473 e. The van der Waals surface area contributed by atoms with Gasteiger partial charge in [0.2, 0.25) is 11.8 Å². The molecule has 1 fully saturated rings. The number of hydrogen-bond donors (Lipinski definition) is 0. The van der Waals surface area contributed by atoms with Crippen molar-refractivity contribution < 1.29 is 9.13 Å². The summed E-state index contributed by atoms with van der Waals surface area (Å²) >= 11 is 0. The molecule has 7 heteroatoms. The summed E-state index contributed by atoms with van der Waals surface area (Å²) in [4.78, 5) is 5.96. The topological polar surface area (TPSA) is 56.1 Å². The Labute approximate surface area is 116 Å². The minimum absolute atomic E-state index is 0.0394. The summed E-state index contributed by atoms with van der Waals surface area (Å²) in [6.45, 7) is 2.45. The Hall–Kier alpha value is -2.02. The number of likely N-dealkylation sites (tertiary alicyclic amines) is 1. The Morgan fingerprint density at radius 2 is 2.35 bits per heavy atom. The Morgan fingerprint density at radius 3 is 3.10 bits per heavy atom. The van der Waals surface area contributed by atoms with Crippen LogP contribution in [-0.4, -0.2) is 43.8 Å². The van der Waals surface area contributed by atoms with Crippen molar-refractivity contribution in [3.8, 4) is 5.88 Å². The van der Waals surface area contributed by atoms with Crippen molar-refractivity contribution in [1.82, 2.24) is 24.6 Å². The van der Waals surface area contributed by atoms with Gasteiger partial charge in [0.1, 0.15) is 18.3 Å². The Kier molecular flexibility index (Phi) is 3.60. The van der Waals surface area contributed by atoms with Crippen LogP contribution in [0.2, 0.25) is 0 Å². The zero-order valence-electron chi connectivity index (χ0n) is 11.2. The maximum atomic E-state index is 13.0. The van der Waals surface area contributed by atoms with Gasteiger partial charge >= 0.3 is 0 Å². The molecule has 1 aliphatic rings. The van der Waals surface area contributed by atoms with Crippen molar-refractivity contribution in [1.29, 1.82) is 0 Å². The lowest BCUT2D eigenvalue weighted by Gasteiger charge is -2.15. The van der Waals surface area contributed by atoms with E-state index in [0.717, 1.165) is 31.9 Å². The summed E-state index contributed by atoms with van der Waals surface area (Å²) in [5.74, 6) is 0.751.